The molecule has 0 amide bonds. The zero-order valence-electron chi connectivity index (χ0n) is 11.2. The first kappa shape index (κ1) is 13.6. The Morgan fingerprint density at radius 3 is 2.35 bits per heavy atom. The van der Waals surface area contributed by atoms with E-state index in [1.165, 1.54) is 0 Å². The number of phenols is 1. The number of aliphatic imine (C=N–C) groups is 1. The molecule has 3 heteroatoms. The Bertz CT molecular complexity index is 409. The molecule has 0 saturated heterocycles. The van der Waals surface area contributed by atoms with Crippen molar-refractivity contribution in [2.45, 2.75) is 39.7 Å². The highest BCUT2D eigenvalue weighted by Crippen LogP contribution is 2.31. The monoisotopic (exact) mass is 235 g/mol. The highest BCUT2D eigenvalue weighted by molar-refractivity contribution is 5.86. The summed E-state index contributed by atoms with van der Waals surface area (Å²) in [5, 5.41) is 9.99. The summed E-state index contributed by atoms with van der Waals surface area (Å²) >= 11 is 0. The van der Waals surface area contributed by atoms with Crippen molar-refractivity contribution in [1.29, 1.82) is 0 Å². The Balaban J connectivity index is 3.26. The number of hydrogen-bond acceptors (Lipinski definition) is 3. The van der Waals surface area contributed by atoms with E-state index in [0.717, 1.165) is 11.1 Å². The lowest BCUT2D eigenvalue weighted by molar-refractivity contribution is 0.406. The molecule has 1 aromatic carbocycles. The number of methoxy groups -OCH3 is 1. The molecule has 1 N–H and O–H groups in total. The first-order chi connectivity index (χ1) is 7.95. The third-order valence-corrected chi connectivity index (χ3v) is 2.52. The normalized spacial score (nSPS) is 11.7. The fourth-order valence-electron chi connectivity index (χ4n) is 1.59. The summed E-state index contributed by atoms with van der Waals surface area (Å²) in [5.41, 5.74) is 1.83. The molecule has 0 fully saturated rings. The smallest absolute Gasteiger partial charge is 0.128 e. The second-order valence-electron chi connectivity index (χ2n) is 4.68. The first-order valence-corrected chi connectivity index (χ1v) is 5.89. The largest absolute Gasteiger partial charge is 0.507 e. The van der Waals surface area contributed by atoms with Crippen LogP contribution in [0, 0.1) is 0 Å². The van der Waals surface area contributed by atoms with Crippen LogP contribution in [0.25, 0.3) is 0 Å². The Morgan fingerprint density at radius 1 is 1.24 bits per heavy atom. The summed E-state index contributed by atoms with van der Waals surface area (Å²) in [6.45, 7) is 8.18. The lowest BCUT2D eigenvalue weighted by Crippen LogP contribution is -1.99. The van der Waals surface area contributed by atoms with E-state index in [4.69, 9.17) is 4.74 Å². The molecular weight excluding hydrogens is 214 g/mol. The SMILES string of the molecule is COc1cc(O)c(C=NC(C)C)c(C(C)C)c1. The van der Waals surface area contributed by atoms with Crippen molar-refractivity contribution in [2.75, 3.05) is 7.11 Å². The zero-order valence-corrected chi connectivity index (χ0v) is 11.2. The van der Waals surface area contributed by atoms with Crippen molar-refractivity contribution in [3.05, 3.63) is 23.3 Å². The molecule has 3 nitrogen and oxygen atoms in total. The van der Waals surface area contributed by atoms with Gasteiger partial charge < -0.3 is 9.84 Å². The summed E-state index contributed by atoms with van der Waals surface area (Å²) in [6, 6.07) is 3.79. The van der Waals surface area contributed by atoms with Crippen LogP contribution in [-0.4, -0.2) is 24.5 Å². The van der Waals surface area contributed by atoms with Gasteiger partial charge in [-0.25, -0.2) is 0 Å². The maximum atomic E-state index is 9.99. The van der Waals surface area contributed by atoms with Crippen LogP contribution in [0.5, 0.6) is 11.5 Å². The number of rotatable bonds is 4. The maximum absolute atomic E-state index is 9.99. The van der Waals surface area contributed by atoms with E-state index in [-0.39, 0.29) is 11.8 Å². The van der Waals surface area contributed by atoms with Gasteiger partial charge in [0.05, 0.1) is 7.11 Å². The molecule has 0 bridgehead atoms. The van der Waals surface area contributed by atoms with Gasteiger partial charge in [-0.1, -0.05) is 13.8 Å². The van der Waals surface area contributed by atoms with Gasteiger partial charge in [0.15, 0.2) is 0 Å². The minimum absolute atomic E-state index is 0.219. The van der Waals surface area contributed by atoms with E-state index < -0.39 is 0 Å². The first-order valence-electron chi connectivity index (χ1n) is 5.89. The van der Waals surface area contributed by atoms with Crippen molar-refractivity contribution >= 4 is 6.21 Å². The van der Waals surface area contributed by atoms with Gasteiger partial charge in [-0.05, 0) is 31.4 Å². The minimum atomic E-state index is 0.219. The van der Waals surface area contributed by atoms with Gasteiger partial charge in [0, 0.05) is 23.9 Å². The number of hydrogen-bond donors (Lipinski definition) is 1. The molecule has 0 atom stereocenters. The van der Waals surface area contributed by atoms with Crippen molar-refractivity contribution in [1.82, 2.24) is 0 Å². The number of nitrogens with zero attached hydrogens (tertiary/aromatic N) is 1. The predicted molar refractivity (Wildman–Crippen MR) is 71.5 cm³/mol. The molecule has 1 aromatic rings. The van der Waals surface area contributed by atoms with Gasteiger partial charge in [0.25, 0.3) is 0 Å². The van der Waals surface area contributed by atoms with Gasteiger partial charge in [-0.2, -0.15) is 0 Å². The molecule has 1 rings (SSSR count). The maximum Gasteiger partial charge on any atom is 0.128 e. The van der Waals surface area contributed by atoms with E-state index in [0.29, 0.717) is 11.7 Å². The fraction of sp³-hybridized carbons (Fsp3) is 0.500. The zero-order chi connectivity index (χ0) is 13.0. The highest BCUT2D eigenvalue weighted by atomic mass is 16.5. The van der Waals surface area contributed by atoms with Gasteiger partial charge in [0.1, 0.15) is 11.5 Å². The van der Waals surface area contributed by atoms with E-state index in [1.807, 2.05) is 19.9 Å². The quantitative estimate of drug-likeness (QED) is 0.813. The van der Waals surface area contributed by atoms with E-state index in [2.05, 4.69) is 18.8 Å². The Hall–Kier alpha value is -1.51. The lowest BCUT2D eigenvalue weighted by Gasteiger charge is -2.13. The molecule has 17 heavy (non-hydrogen) atoms. The summed E-state index contributed by atoms with van der Waals surface area (Å²) in [4.78, 5) is 4.33. The molecule has 0 unspecified atom stereocenters. The van der Waals surface area contributed by atoms with Crippen LogP contribution in [-0.2, 0) is 0 Å². The number of aromatic hydroxyl groups is 1. The molecule has 94 valence electrons. The van der Waals surface area contributed by atoms with Gasteiger partial charge in [0.2, 0.25) is 0 Å². The molecule has 0 aromatic heterocycles. The average Bonchev–Trinajstić information content (AvgIpc) is 2.25. The number of benzene rings is 1. The third-order valence-electron chi connectivity index (χ3n) is 2.52. The minimum Gasteiger partial charge on any atom is -0.507 e. The molecule has 0 aliphatic heterocycles. The second-order valence-corrected chi connectivity index (χ2v) is 4.68. The van der Waals surface area contributed by atoms with Crippen LogP contribution in [0.2, 0.25) is 0 Å². The Kier molecular flexibility index (Phi) is 4.55. The van der Waals surface area contributed by atoms with Crippen LogP contribution in [0.4, 0.5) is 0 Å². The summed E-state index contributed by atoms with van der Waals surface area (Å²) in [5.74, 6) is 1.20. The van der Waals surface area contributed by atoms with Gasteiger partial charge >= 0.3 is 0 Å². The second kappa shape index (κ2) is 5.71. The number of phenolic OH excluding ortho intramolecular Hbond substituents is 1. The third kappa shape index (κ3) is 3.48. The summed E-state index contributed by atoms with van der Waals surface area (Å²) < 4.78 is 5.16. The number of ether oxygens (including phenoxy) is 1. The Labute approximate surface area is 103 Å². The van der Waals surface area contributed by atoms with Crippen LogP contribution < -0.4 is 4.74 Å². The van der Waals surface area contributed by atoms with Gasteiger partial charge in [-0.15, -0.1) is 0 Å². The molecule has 0 spiro atoms. The molecule has 0 aliphatic rings. The summed E-state index contributed by atoms with van der Waals surface area (Å²) in [7, 11) is 1.60. The van der Waals surface area contributed by atoms with Crippen molar-refractivity contribution in [3.8, 4) is 11.5 Å². The standard InChI is InChI=1S/C14H21NO2/c1-9(2)12-6-11(17-5)7-14(16)13(12)8-15-10(3)4/h6-10,16H,1-5H3. The van der Waals surface area contributed by atoms with Crippen LogP contribution in [0.1, 0.15) is 44.7 Å². The van der Waals surface area contributed by atoms with Crippen LogP contribution in [0.3, 0.4) is 0 Å². The van der Waals surface area contributed by atoms with Gasteiger partial charge in [-0.3, -0.25) is 4.99 Å². The molecule has 0 heterocycles. The Morgan fingerprint density at radius 2 is 1.88 bits per heavy atom. The molecule has 0 saturated carbocycles. The molecular formula is C14H21NO2. The average molecular weight is 235 g/mol. The highest BCUT2D eigenvalue weighted by Gasteiger charge is 2.12. The van der Waals surface area contributed by atoms with Crippen molar-refractivity contribution in [2.24, 2.45) is 4.99 Å². The molecule has 0 radical (unpaired) electrons. The fourth-order valence-corrected chi connectivity index (χ4v) is 1.59. The van der Waals surface area contributed by atoms with Crippen LogP contribution in [0.15, 0.2) is 17.1 Å². The van der Waals surface area contributed by atoms with Crippen molar-refractivity contribution < 1.29 is 9.84 Å². The van der Waals surface area contributed by atoms with E-state index >= 15 is 0 Å². The molecule has 0 aliphatic carbocycles. The topological polar surface area (TPSA) is 41.8 Å². The van der Waals surface area contributed by atoms with Crippen molar-refractivity contribution in [3.63, 3.8) is 0 Å². The van der Waals surface area contributed by atoms with E-state index in [9.17, 15) is 5.11 Å². The summed E-state index contributed by atoms with van der Waals surface area (Å²) in [6.07, 6.45) is 1.74. The lowest BCUT2D eigenvalue weighted by atomic mass is 9.96. The van der Waals surface area contributed by atoms with E-state index in [1.54, 1.807) is 19.4 Å². The van der Waals surface area contributed by atoms with Crippen LogP contribution >= 0.6 is 0 Å². The predicted octanol–water partition coefficient (Wildman–Crippen LogP) is 3.35.